The van der Waals surface area contributed by atoms with E-state index in [0.29, 0.717) is 18.7 Å². The highest BCUT2D eigenvalue weighted by molar-refractivity contribution is 14.1. The minimum absolute atomic E-state index is 0.0304. The quantitative estimate of drug-likeness (QED) is 0.658. The van der Waals surface area contributed by atoms with Gasteiger partial charge >= 0.3 is 0 Å². The molecule has 5 nitrogen and oxygen atoms in total. The predicted molar refractivity (Wildman–Crippen MR) is 106 cm³/mol. The van der Waals surface area contributed by atoms with Crippen LogP contribution < -0.4 is 10.1 Å². The number of halogens is 1. The number of carbonyl (C=O) groups is 2. The van der Waals surface area contributed by atoms with E-state index in [9.17, 15) is 9.59 Å². The van der Waals surface area contributed by atoms with E-state index in [0.717, 1.165) is 14.9 Å². The molecule has 0 heterocycles. The summed E-state index contributed by atoms with van der Waals surface area (Å²) in [5.41, 5.74) is 1.58. The molecule has 0 bridgehead atoms. The first-order valence-electron chi connectivity index (χ1n) is 7.99. The zero-order valence-electron chi connectivity index (χ0n) is 14.3. The zero-order chi connectivity index (χ0) is 18.2. The highest BCUT2D eigenvalue weighted by Gasteiger charge is 2.13. The Kier molecular flexibility index (Phi) is 7.24. The molecule has 1 N–H and O–H groups in total. The molecule has 0 aromatic heterocycles. The van der Waals surface area contributed by atoms with Crippen molar-refractivity contribution in [3.8, 4) is 5.75 Å². The molecule has 2 aromatic carbocycles. The van der Waals surface area contributed by atoms with Crippen molar-refractivity contribution in [2.24, 2.45) is 0 Å². The summed E-state index contributed by atoms with van der Waals surface area (Å²) < 4.78 is 6.26. The molecular formula is C19H21IN2O3. The third kappa shape index (κ3) is 5.74. The molecule has 0 saturated carbocycles. The SMILES string of the molecule is CCOc1ccc(CN(C)C(=O)CNC(=O)c2ccccc2I)cc1. The number of hydrogen-bond acceptors (Lipinski definition) is 3. The van der Waals surface area contributed by atoms with Crippen LogP contribution in [0.5, 0.6) is 5.75 Å². The third-order valence-corrected chi connectivity index (χ3v) is 4.54. The Bertz CT molecular complexity index is 732. The van der Waals surface area contributed by atoms with Gasteiger partial charge in [0, 0.05) is 17.2 Å². The van der Waals surface area contributed by atoms with E-state index in [-0.39, 0.29) is 18.4 Å². The van der Waals surface area contributed by atoms with E-state index >= 15 is 0 Å². The molecule has 25 heavy (non-hydrogen) atoms. The fraction of sp³-hybridized carbons (Fsp3) is 0.263. The van der Waals surface area contributed by atoms with Gasteiger partial charge in [-0.3, -0.25) is 9.59 Å². The van der Waals surface area contributed by atoms with Crippen LogP contribution in [-0.2, 0) is 11.3 Å². The maximum atomic E-state index is 12.2. The molecule has 6 heteroatoms. The molecule has 0 saturated heterocycles. The lowest BCUT2D eigenvalue weighted by atomic mass is 10.2. The van der Waals surface area contributed by atoms with Gasteiger partial charge in [0.25, 0.3) is 5.91 Å². The van der Waals surface area contributed by atoms with Crippen LogP contribution in [0.3, 0.4) is 0 Å². The lowest BCUT2D eigenvalue weighted by Crippen LogP contribution is -2.38. The molecular weight excluding hydrogens is 431 g/mol. The van der Waals surface area contributed by atoms with Gasteiger partial charge in [0.1, 0.15) is 5.75 Å². The van der Waals surface area contributed by atoms with Crippen LogP contribution >= 0.6 is 22.6 Å². The summed E-state index contributed by atoms with van der Waals surface area (Å²) in [5.74, 6) is 0.422. The normalized spacial score (nSPS) is 10.2. The highest BCUT2D eigenvalue weighted by Crippen LogP contribution is 2.13. The lowest BCUT2D eigenvalue weighted by molar-refractivity contribution is -0.129. The van der Waals surface area contributed by atoms with E-state index in [1.165, 1.54) is 0 Å². The lowest BCUT2D eigenvalue weighted by Gasteiger charge is -2.18. The summed E-state index contributed by atoms with van der Waals surface area (Å²) in [5, 5.41) is 2.68. The van der Waals surface area contributed by atoms with Crippen LogP contribution in [0, 0.1) is 3.57 Å². The van der Waals surface area contributed by atoms with Gasteiger partial charge in [-0.2, -0.15) is 0 Å². The predicted octanol–water partition coefficient (Wildman–Crippen LogP) is 3.08. The van der Waals surface area contributed by atoms with Crippen molar-refractivity contribution in [2.45, 2.75) is 13.5 Å². The van der Waals surface area contributed by atoms with Gasteiger partial charge in [0.2, 0.25) is 5.91 Å². The van der Waals surface area contributed by atoms with E-state index in [4.69, 9.17) is 4.74 Å². The van der Waals surface area contributed by atoms with Crippen molar-refractivity contribution >= 4 is 34.4 Å². The largest absolute Gasteiger partial charge is 0.494 e. The van der Waals surface area contributed by atoms with Crippen LogP contribution in [0.1, 0.15) is 22.8 Å². The van der Waals surface area contributed by atoms with Crippen LogP contribution in [0.15, 0.2) is 48.5 Å². The summed E-state index contributed by atoms with van der Waals surface area (Å²) in [6.07, 6.45) is 0. The number of benzene rings is 2. The molecule has 0 aliphatic rings. The Morgan fingerprint density at radius 3 is 2.44 bits per heavy atom. The molecule has 0 atom stereocenters. The Morgan fingerprint density at radius 1 is 1.12 bits per heavy atom. The summed E-state index contributed by atoms with van der Waals surface area (Å²) in [4.78, 5) is 26.0. The van der Waals surface area contributed by atoms with Crippen molar-refractivity contribution < 1.29 is 14.3 Å². The second-order valence-corrected chi connectivity index (χ2v) is 6.65. The molecule has 0 fully saturated rings. The molecule has 2 rings (SSSR count). The van der Waals surface area contributed by atoms with Crippen molar-refractivity contribution in [3.05, 3.63) is 63.2 Å². The van der Waals surface area contributed by atoms with E-state index < -0.39 is 0 Å². The monoisotopic (exact) mass is 452 g/mol. The minimum Gasteiger partial charge on any atom is -0.494 e. The van der Waals surface area contributed by atoms with Gasteiger partial charge < -0.3 is 15.0 Å². The van der Waals surface area contributed by atoms with Gasteiger partial charge in [0.15, 0.2) is 0 Å². The fourth-order valence-electron chi connectivity index (χ4n) is 2.25. The van der Waals surface area contributed by atoms with Gasteiger partial charge in [-0.25, -0.2) is 0 Å². The van der Waals surface area contributed by atoms with Gasteiger partial charge in [-0.05, 0) is 59.3 Å². The number of nitrogens with one attached hydrogen (secondary N) is 1. The Morgan fingerprint density at radius 2 is 1.80 bits per heavy atom. The number of amides is 2. The molecule has 0 radical (unpaired) electrons. The number of carbonyl (C=O) groups excluding carboxylic acids is 2. The second-order valence-electron chi connectivity index (χ2n) is 5.49. The first-order valence-corrected chi connectivity index (χ1v) is 9.07. The molecule has 132 valence electrons. The standard InChI is InChI=1S/C19H21IN2O3/c1-3-25-15-10-8-14(9-11-15)13-22(2)18(23)12-21-19(24)16-6-4-5-7-17(16)20/h4-11H,3,12-13H2,1-2H3,(H,21,24). The maximum Gasteiger partial charge on any atom is 0.252 e. The van der Waals surface area contributed by atoms with Gasteiger partial charge in [-0.15, -0.1) is 0 Å². The summed E-state index contributed by atoms with van der Waals surface area (Å²) >= 11 is 2.10. The van der Waals surface area contributed by atoms with Crippen molar-refractivity contribution in [1.29, 1.82) is 0 Å². The van der Waals surface area contributed by atoms with Crippen LogP contribution in [0.2, 0.25) is 0 Å². The summed E-state index contributed by atoms with van der Waals surface area (Å²) in [7, 11) is 1.72. The first kappa shape index (κ1) is 19.2. The second kappa shape index (κ2) is 9.41. The topological polar surface area (TPSA) is 58.6 Å². The third-order valence-electron chi connectivity index (χ3n) is 3.60. The van der Waals surface area contributed by atoms with Crippen molar-refractivity contribution in [2.75, 3.05) is 20.2 Å². The first-order chi connectivity index (χ1) is 12.0. The fourth-order valence-corrected chi connectivity index (χ4v) is 2.88. The van der Waals surface area contributed by atoms with Gasteiger partial charge in [-0.1, -0.05) is 24.3 Å². The van der Waals surface area contributed by atoms with E-state index in [1.54, 1.807) is 24.1 Å². The zero-order valence-corrected chi connectivity index (χ0v) is 16.4. The molecule has 2 amide bonds. The van der Waals surface area contributed by atoms with Crippen molar-refractivity contribution in [3.63, 3.8) is 0 Å². The van der Waals surface area contributed by atoms with E-state index in [1.807, 2.05) is 43.3 Å². The Labute approximate surface area is 161 Å². The molecule has 0 aliphatic heterocycles. The summed E-state index contributed by atoms with van der Waals surface area (Å²) in [6.45, 7) is 3.00. The average molecular weight is 452 g/mol. The van der Waals surface area contributed by atoms with Crippen LogP contribution in [0.25, 0.3) is 0 Å². The minimum atomic E-state index is -0.243. The number of rotatable bonds is 7. The Balaban J connectivity index is 1.85. The van der Waals surface area contributed by atoms with E-state index in [2.05, 4.69) is 27.9 Å². The number of hydrogen-bond donors (Lipinski definition) is 1. The van der Waals surface area contributed by atoms with Gasteiger partial charge in [0.05, 0.1) is 18.7 Å². The van der Waals surface area contributed by atoms with Crippen LogP contribution in [-0.4, -0.2) is 36.9 Å². The van der Waals surface area contributed by atoms with Crippen molar-refractivity contribution in [1.82, 2.24) is 10.2 Å². The van der Waals surface area contributed by atoms with Crippen LogP contribution in [0.4, 0.5) is 0 Å². The molecule has 0 unspecified atom stereocenters. The highest BCUT2D eigenvalue weighted by atomic mass is 127. The smallest absolute Gasteiger partial charge is 0.252 e. The molecule has 0 spiro atoms. The number of ether oxygens (including phenoxy) is 1. The number of likely N-dealkylation sites (N-methyl/N-ethyl adjacent to an activating group) is 1. The molecule has 0 aliphatic carbocycles. The number of nitrogens with zero attached hydrogens (tertiary/aromatic N) is 1. The average Bonchev–Trinajstić information content (AvgIpc) is 2.61. The summed E-state index contributed by atoms with van der Waals surface area (Å²) in [6, 6.07) is 14.9. The molecule has 2 aromatic rings. The maximum absolute atomic E-state index is 12.2. The Hall–Kier alpha value is -2.09.